The van der Waals surface area contributed by atoms with Crippen LogP contribution in [0.25, 0.3) is 45.8 Å². The summed E-state index contributed by atoms with van der Waals surface area (Å²) in [5, 5.41) is 3.34. The fraction of sp³-hybridized carbons (Fsp3) is 0.0909. The number of hydrogen-bond donors (Lipinski definition) is 2. The minimum Gasteiger partial charge on any atom is -0.353 e. The fourth-order valence-corrected chi connectivity index (χ4v) is 3.29. The van der Waals surface area contributed by atoms with Crippen molar-refractivity contribution in [1.29, 1.82) is 0 Å². The van der Waals surface area contributed by atoms with E-state index in [0.717, 1.165) is 49.9 Å². The van der Waals surface area contributed by atoms with Crippen molar-refractivity contribution in [1.82, 2.24) is 19.9 Å². The average molecular weight is 340 g/mol. The number of aromatic amines is 2. The molecule has 0 saturated carbocycles. The van der Waals surface area contributed by atoms with E-state index in [1.807, 2.05) is 44.3 Å². The lowest BCUT2D eigenvalue weighted by molar-refractivity contribution is 1.17. The number of rotatable bonds is 3. The molecule has 128 valence electrons. The quantitative estimate of drug-likeness (QED) is 0.597. The molecule has 4 nitrogen and oxygen atoms in total. The maximum atomic E-state index is 4.75. The summed E-state index contributed by atoms with van der Waals surface area (Å²) < 4.78 is 0. The van der Waals surface area contributed by atoms with Gasteiger partial charge in [0.2, 0.25) is 0 Å². The second kappa shape index (κ2) is 6.48. The molecule has 0 aliphatic carbocycles. The first-order valence-corrected chi connectivity index (χ1v) is 8.60. The smallest absolute Gasteiger partial charge is 0.156 e. The lowest BCUT2D eigenvalue weighted by Gasteiger charge is -2.01. The van der Waals surface area contributed by atoms with Gasteiger partial charge in [0.1, 0.15) is 5.69 Å². The molecule has 1 aromatic carbocycles. The second-order valence-corrected chi connectivity index (χ2v) is 6.17. The highest BCUT2D eigenvalue weighted by Gasteiger charge is 2.11. The van der Waals surface area contributed by atoms with Crippen molar-refractivity contribution in [2.75, 3.05) is 0 Å². The summed E-state index contributed by atoms with van der Waals surface area (Å²) in [6, 6.07) is 12.3. The monoisotopic (exact) mass is 340 g/mol. The van der Waals surface area contributed by atoms with Gasteiger partial charge in [-0.05, 0) is 31.6 Å². The van der Waals surface area contributed by atoms with E-state index in [1.54, 1.807) is 6.08 Å². The number of fused-ring (bicyclic) bond motifs is 1. The van der Waals surface area contributed by atoms with Gasteiger partial charge >= 0.3 is 0 Å². The topological polar surface area (TPSA) is 57.4 Å². The Hall–Kier alpha value is -3.40. The van der Waals surface area contributed by atoms with Crippen LogP contribution in [-0.4, -0.2) is 19.9 Å². The first kappa shape index (κ1) is 16.1. The van der Waals surface area contributed by atoms with Gasteiger partial charge < -0.3 is 9.97 Å². The number of allylic oxidation sites excluding steroid dienone is 1. The highest BCUT2D eigenvalue weighted by molar-refractivity contribution is 5.86. The average Bonchev–Trinajstić information content (AvgIpc) is 3.28. The van der Waals surface area contributed by atoms with Gasteiger partial charge in [0.25, 0.3) is 0 Å². The van der Waals surface area contributed by atoms with Gasteiger partial charge in [0.05, 0.1) is 23.1 Å². The molecule has 4 aromatic rings. The van der Waals surface area contributed by atoms with Crippen LogP contribution in [0.3, 0.4) is 0 Å². The Kier molecular flexibility index (Phi) is 4.01. The van der Waals surface area contributed by atoms with Crippen LogP contribution in [0.4, 0.5) is 0 Å². The summed E-state index contributed by atoms with van der Waals surface area (Å²) in [4.78, 5) is 16.1. The van der Waals surface area contributed by atoms with Crippen LogP contribution in [-0.2, 0) is 0 Å². The van der Waals surface area contributed by atoms with Crippen molar-refractivity contribution >= 4 is 23.1 Å². The molecule has 0 unspecified atom stereocenters. The van der Waals surface area contributed by atoms with E-state index in [-0.39, 0.29) is 0 Å². The van der Waals surface area contributed by atoms with Gasteiger partial charge in [-0.1, -0.05) is 49.1 Å². The maximum Gasteiger partial charge on any atom is 0.156 e. The second-order valence-electron chi connectivity index (χ2n) is 6.17. The summed E-state index contributed by atoms with van der Waals surface area (Å²) in [5.74, 6) is 0.770. The third-order valence-electron chi connectivity index (χ3n) is 4.52. The maximum absolute atomic E-state index is 4.75. The van der Waals surface area contributed by atoms with E-state index in [1.165, 1.54) is 0 Å². The molecule has 0 aliphatic heterocycles. The largest absolute Gasteiger partial charge is 0.353 e. The number of nitrogens with zero attached hydrogens (tertiary/aromatic N) is 2. The lowest BCUT2D eigenvalue weighted by Crippen LogP contribution is -2.21. The molecule has 3 heterocycles. The summed E-state index contributed by atoms with van der Waals surface area (Å²) in [6.07, 6.45) is 7.73. The van der Waals surface area contributed by atoms with Gasteiger partial charge in [-0.25, -0.2) is 9.97 Å². The van der Waals surface area contributed by atoms with E-state index in [2.05, 4.69) is 45.8 Å². The van der Waals surface area contributed by atoms with Crippen LogP contribution in [0, 0.1) is 6.92 Å². The summed E-state index contributed by atoms with van der Waals surface area (Å²) in [7, 11) is 0. The van der Waals surface area contributed by atoms with Crippen molar-refractivity contribution in [3.8, 4) is 22.8 Å². The molecule has 26 heavy (non-hydrogen) atoms. The van der Waals surface area contributed by atoms with E-state index in [4.69, 9.17) is 4.98 Å². The molecule has 0 aliphatic rings. The number of pyridine rings is 1. The van der Waals surface area contributed by atoms with Crippen LogP contribution in [0.15, 0.2) is 55.3 Å². The highest BCUT2D eigenvalue weighted by Crippen LogP contribution is 2.23. The first-order chi connectivity index (χ1) is 12.7. The Labute approximate surface area is 151 Å². The van der Waals surface area contributed by atoms with Crippen molar-refractivity contribution < 1.29 is 0 Å². The lowest BCUT2D eigenvalue weighted by atomic mass is 10.1. The number of benzene rings is 1. The van der Waals surface area contributed by atoms with Crippen LogP contribution >= 0.6 is 0 Å². The summed E-state index contributed by atoms with van der Waals surface area (Å²) >= 11 is 0. The third kappa shape index (κ3) is 2.65. The molecule has 3 aromatic heterocycles. The normalized spacial score (nSPS) is 12.8. The Morgan fingerprint density at radius 3 is 2.65 bits per heavy atom. The van der Waals surface area contributed by atoms with E-state index >= 15 is 0 Å². The third-order valence-corrected chi connectivity index (χ3v) is 4.52. The van der Waals surface area contributed by atoms with Crippen LogP contribution in [0.1, 0.15) is 12.6 Å². The van der Waals surface area contributed by atoms with E-state index in [9.17, 15) is 0 Å². The number of aromatic nitrogens is 4. The summed E-state index contributed by atoms with van der Waals surface area (Å²) in [5.41, 5.74) is 4.92. The molecule has 0 atom stereocenters. The van der Waals surface area contributed by atoms with Crippen molar-refractivity contribution in [2.24, 2.45) is 0 Å². The zero-order chi connectivity index (χ0) is 18.1. The van der Waals surface area contributed by atoms with Gasteiger partial charge in [-0.2, -0.15) is 0 Å². The zero-order valence-electron chi connectivity index (χ0n) is 14.9. The highest BCUT2D eigenvalue weighted by atomic mass is 14.9. The molecular formula is C22H20N4. The molecule has 4 heteroatoms. The molecule has 4 rings (SSSR count). The molecule has 0 amide bonds. The number of imidazole rings is 1. The van der Waals surface area contributed by atoms with E-state index in [0.29, 0.717) is 0 Å². The predicted octanol–water partition coefficient (Wildman–Crippen LogP) is 3.70. The Balaban J connectivity index is 1.90. The number of H-pyrrole nitrogens is 2. The fourth-order valence-electron chi connectivity index (χ4n) is 3.29. The number of hydrogen-bond acceptors (Lipinski definition) is 2. The minimum atomic E-state index is 0.770. The summed E-state index contributed by atoms with van der Waals surface area (Å²) in [6.45, 7) is 7.86. The van der Waals surface area contributed by atoms with Gasteiger partial charge in [0.15, 0.2) is 5.82 Å². The molecule has 0 bridgehead atoms. The Morgan fingerprint density at radius 1 is 1.12 bits per heavy atom. The van der Waals surface area contributed by atoms with E-state index < -0.39 is 0 Å². The zero-order valence-corrected chi connectivity index (χ0v) is 14.9. The van der Waals surface area contributed by atoms with Gasteiger partial charge in [-0.15, -0.1) is 0 Å². The molecule has 0 spiro atoms. The SMILES string of the molecule is C=C/C=c1/[nH]c2c(C)nc(-c3ncc(-c4ccccc4)[nH]3)cc2/c1=C/C. The number of aryl methyl sites for hydroxylation is 1. The Bertz CT molecular complexity index is 1210. The van der Waals surface area contributed by atoms with Gasteiger partial charge in [0, 0.05) is 16.0 Å². The number of nitrogens with one attached hydrogen (secondary N) is 2. The molecular weight excluding hydrogens is 320 g/mol. The van der Waals surface area contributed by atoms with Crippen LogP contribution in [0.2, 0.25) is 0 Å². The van der Waals surface area contributed by atoms with Crippen LogP contribution < -0.4 is 10.6 Å². The molecule has 0 saturated heterocycles. The van der Waals surface area contributed by atoms with Gasteiger partial charge in [-0.3, -0.25) is 0 Å². The van der Waals surface area contributed by atoms with Crippen molar-refractivity contribution in [3.63, 3.8) is 0 Å². The van der Waals surface area contributed by atoms with Crippen molar-refractivity contribution in [3.05, 3.63) is 71.5 Å². The predicted molar refractivity (Wildman–Crippen MR) is 108 cm³/mol. The standard InChI is InChI=1S/C22H20N4/c1-4-9-18-16(5-2)17-12-19(24-14(3)21(17)25-18)22-23-13-20(26-22)15-10-7-6-8-11-15/h4-13,25H,1H2,2-3H3,(H,23,26)/b16-5-,18-9+. The van der Waals surface area contributed by atoms with Crippen LogP contribution in [0.5, 0.6) is 0 Å². The molecule has 0 radical (unpaired) electrons. The minimum absolute atomic E-state index is 0.770. The van der Waals surface area contributed by atoms with Crippen molar-refractivity contribution in [2.45, 2.75) is 13.8 Å². The molecule has 0 fully saturated rings. The molecule has 2 N–H and O–H groups in total. The Morgan fingerprint density at radius 2 is 1.92 bits per heavy atom. The first-order valence-electron chi connectivity index (χ1n) is 8.60.